The third-order valence-electron chi connectivity index (χ3n) is 4.34. The van der Waals surface area contributed by atoms with Crippen molar-refractivity contribution in [2.75, 3.05) is 43.6 Å². The van der Waals surface area contributed by atoms with Crippen molar-refractivity contribution in [1.82, 2.24) is 4.98 Å². The summed E-state index contributed by atoms with van der Waals surface area (Å²) in [7, 11) is 1.68. The van der Waals surface area contributed by atoms with Crippen LogP contribution in [-0.4, -0.2) is 38.4 Å². The van der Waals surface area contributed by atoms with Gasteiger partial charge in [-0.05, 0) is 42.8 Å². The van der Waals surface area contributed by atoms with Crippen molar-refractivity contribution in [3.63, 3.8) is 0 Å². The highest BCUT2D eigenvalue weighted by Crippen LogP contribution is 2.34. The fraction of sp³-hybridized carbons (Fsp3) is 0.316. The number of aromatic nitrogens is 1. The first kappa shape index (κ1) is 16.2. The maximum atomic E-state index is 5.44. The topological polar surface area (TPSA) is 46.6 Å². The molecule has 1 saturated heterocycles. The first-order chi connectivity index (χ1) is 12.2. The summed E-state index contributed by atoms with van der Waals surface area (Å²) in [6.45, 7) is 5.50. The number of anilines is 3. The summed E-state index contributed by atoms with van der Waals surface area (Å²) in [4.78, 5) is 7.11. The van der Waals surface area contributed by atoms with Gasteiger partial charge in [0.05, 0.1) is 36.2 Å². The molecule has 0 aliphatic carbocycles. The number of ether oxygens (including phenoxy) is 2. The molecule has 0 saturated carbocycles. The van der Waals surface area contributed by atoms with Crippen LogP contribution in [-0.2, 0) is 4.74 Å². The van der Waals surface area contributed by atoms with Gasteiger partial charge in [-0.1, -0.05) is 17.4 Å². The molecule has 2 aromatic carbocycles. The molecule has 1 aliphatic rings. The fourth-order valence-corrected chi connectivity index (χ4v) is 3.88. The van der Waals surface area contributed by atoms with E-state index < -0.39 is 0 Å². The minimum atomic E-state index is 0.787. The number of benzene rings is 2. The lowest BCUT2D eigenvalue weighted by Gasteiger charge is -2.28. The van der Waals surface area contributed by atoms with Crippen LogP contribution in [0.2, 0.25) is 0 Å². The summed E-state index contributed by atoms with van der Waals surface area (Å²) < 4.78 is 12.0. The summed E-state index contributed by atoms with van der Waals surface area (Å²) >= 11 is 1.65. The van der Waals surface area contributed by atoms with Crippen LogP contribution in [0.3, 0.4) is 0 Å². The second kappa shape index (κ2) is 6.90. The molecule has 0 radical (unpaired) electrons. The third-order valence-corrected chi connectivity index (χ3v) is 5.30. The molecule has 130 valence electrons. The van der Waals surface area contributed by atoms with Crippen molar-refractivity contribution < 1.29 is 9.47 Å². The molecule has 0 unspecified atom stereocenters. The zero-order chi connectivity index (χ0) is 17.2. The van der Waals surface area contributed by atoms with Gasteiger partial charge in [0.15, 0.2) is 5.13 Å². The van der Waals surface area contributed by atoms with E-state index in [1.807, 2.05) is 12.1 Å². The molecule has 4 rings (SSSR count). The van der Waals surface area contributed by atoms with E-state index >= 15 is 0 Å². The lowest BCUT2D eigenvalue weighted by atomic mass is 10.2. The third kappa shape index (κ3) is 3.41. The number of morpholine rings is 1. The molecule has 0 spiro atoms. The van der Waals surface area contributed by atoms with Crippen LogP contribution < -0.4 is 15.0 Å². The van der Waals surface area contributed by atoms with E-state index in [9.17, 15) is 0 Å². The molecule has 1 aliphatic heterocycles. The Bertz CT molecular complexity index is 888. The Morgan fingerprint density at radius 3 is 2.80 bits per heavy atom. The lowest BCUT2D eigenvalue weighted by Crippen LogP contribution is -2.36. The maximum Gasteiger partial charge on any atom is 0.188 e. The molecule has 0 bridgehead atoms. The average Bonchev–Trinajstić information content (AvgIpc) is 3.04. The Morgan fingerprint density at radius 1 is 1.16 bits per heavy atom. The number of nitrogens with zero attached hydrogens (tertiary/aromatic N) is 2. The average molecular weight is 355 g/mol. The number of thiazole rings is 1. The summed E-state index contributed by atoms with van der Waals surface area (Å²) in [6, 6.07) is 12.6. The lowest BCUT2D eigenvalue weighted by molar-refractivity contribution is 0.122. The van der Waals surface area contributed by atoms with E-state index in [1.165, 1.54) is 16.0 Å². The van der Waals surface area contributed by atoms with Gasteiger partial charge in [-0.2, -0.15) is 0 Å². The normalized spacial score (nSPS) is 14.7. The van der Waals surface area contributed by atoms with Crippen LogP contribution in [0.5, 0.6) is 5.75 Å². The predicted octanol–water partition coefficient (Wildman–Crippen LogP) is 4.19. The zero-order valence-corrected chi connectivity index (χ0v) is 15.2. The van der Waals surface area contributed by atoms with Crippen LogP contribution in [0.25, 0.3) is 10.2 Å². The quantitative estimate of drug-likeness (QED) is 0.760. The van der Waals surface area contributed by atoms with Crippen molar-refractivity contribution in [3.8, 4) is 5.75 Å². The highest BCUT2D eigenvalue weighted by Gasteiger charge is 2.13. The van der Waals surface area contributed by atoms with Gasteiger partial charge in [0.2, 0.25) is 0 Å². The SMILES string of the molecule is COc1ccc(C)cc1Nc1nc2cc(N3CCOCC3)ccc2s1. The zero-order valence-electron chi connectivity index (χ0n) is 14.4. The van der Waals surface area contributed by atoms with E-state index in [2.05, 4.69) is 41.4 Å². The molecule has 0 amide bonds. The van der Waals surface area contributed by atoms with Gasteiger partial charge in [-0.3, -0.25) is 0 Å². The number of hydrogen-bond donors (Lipinski definition) is 1. The molecule has 3 aromatic rings. The first-order valence-electron chi connectivity index (χ1n) is 8.38. The Morgan fingerprint density at radius 2 is 2.00 bits per heavy atom. The second-order valence-corrected chi connectivity index (χ2v) is 7.13. The molecule has 25 heavy (non-hydrogen) atoms. The van der Waals surface area contributed by atoms with Gasteiger partial charge in [-0.25, -0.2) is 4.98 Å². The van der Waals surface area contributed by atoms with Crippen molar-refractivity contribution in [2.24, 2.45) is 0 Å². The van der Waals surface area contributed by atoms with Crippen molar-refractivity contribution in [1.29, 1.82) is 0 Å². The van der Waals surface area contributed by atoms with Crippen LogP contribution >= 0.6 is 11.3 Å². The Hall–Kier alpha value is -2.31. The van der Waals surface area contributed by atoms with Gasteiger partial charge >= 0.3 is 0 Å². The summed E-state index contributed by atoms with van der Waals surface area (Å²) in [6.07, 6.45) is 0. The van der Waals surface area contributed by atoms with Crippen LogP contribution in [0.1, 0.15) is 5.56 Å². The summed E-state index contributed by atoms with van der Waals surface area (Å²) in [5, 5.41) is 4.27. The van der Waals surface area contributed by atoms with Crippen molar-refractivity contribution in [2.45, 2.75) is 6.92 Å². The smallest absolute Gasteiger partial charge is 0.188 e. The largest absolute Gasteiger partial charge is 0.495 e. The highest BCUT2D eigenvalue weighted by atomic mass is 32.1. The van der Waals surface area contributed by atoms with Gasteiger partial charge < -0.3 is 19.7 Å². The van der Waals surface area contributed by atoms with E-state index in [1.54, 1.807) is 18.4 Å². The molecular weight excluding hydrogens is 334 g/mol. The van der Waals surface area contributed by atoms with Crippen LogP contribution in [0.4, 0.5) is 16.5 Å². The predicted molar refractivity (Wildman–Crippen MR) is 104 cm³/mol. The van der Waals surface area contributed by atoms with Gasteiger partial charge in [0.25, 0.3) is 0 Å². The minimum Gasteiger partial charge on any atom is -0.495 e. The van der Waals surface area contributed by atoms with Crippen molar-refractivity contribution in [3.05, 3.63) is 42.0 Å². The van der Waals surface area contributed by atoms with E-state index in [4.69, 9.17) is 14.5 Å². The monoisotopic (exact) mass is 355 g/mol. The first-order valence-corrected chi connectivity index (χ1v) is 9.19. The molecule has 5 nitrogen and oxygen atoms in total. The Labute approximate surface area is 151 Å². The standard InChI is InChI=1S/C19H21N3O2S/c1-13-3-5-17(23-2)15(11-13)20-19-21-16-12-14(4-6-18(16)25-19)22-7-9-24-10-8-22/h3-6,11-12H,7-10H2,1-2H3,(H,20,21). The van der Waals surface area contributed by atoms with Gasteiger partial charge in [0, 0.05) is 18.8 Å². The number of aryl methyl sites for hydroxylation is 1. The maximum absolute atomic E-state index is 5.44. The molecule has 1 aromatic heterocycles. The van der Waals surface area contributed by atoms with Crippen LogP contribution in [0.15, 0.2) is 36.4 Å². The number of fused-ring (bicyclic) bond motifs is 1. The Kier molecular flexibility index (Phi) is 4.46. The number of hydrogen-bond acceptors (Lipinski definition) is 6. The molecule has 0 atom stereocenters. The second-order valence-electron chi connectivity index (χ2n) is 6.10. The molecule has 1 fully saturated rings. The van der Waals surface area contributed by atoms with E-state index in [0.29, 0.717) is 0 Å². The summed E-state index contributed by atoms with van der Waals surface area (Å²) in [5.41, 5.74) is 4.35. The van der Waals surface area contributed by atoms with E-state index in [-0.39, 0.29) is 0 Å². The molecule has 1 N–H and O–H groups in total. The fourth-order valence-electron chi connectivity index (χ4n) is 3.02. The highest BCUT2D eigenvalue weighted by molar-refractivity contribution is 7.22. The number of nitrogens with one attached hydrogen (secondary N) is 1. The van der Waals surface area contributed by atoms with Gasteiger partial charge in [0.1, 0.15) is 5.75 Å². The molecular formula is C19H21N3O2S. The van der Waals surface area contributed by atoms with Crippen molar-refractivity contribution >= 4 is 38.1 Å². The van der Waals surface area contributed by atoms with E-state index in [0.717, 1.165) is 48.4 Å². The molecule has 6 heteroatoms. The minimum absolute atomic E-state index is 0.787. The number of methoxy groups -OCH3 is 1. The summed E-state index contributed by atoms with van der Waals surface area (Å²) in [5.74, 6) is 0.818. The Balaban J connectivity index is 1.62. The molecule has 2 heterocycles. The number of rotatable bonds is 4. The van der Waals surface area contributed by atoms with Gasteiger partial charge in [-0.15, -0.1) is 0 Å². The van der Waals surface area contributed by atoms with Crippen LogP contribution in [0, 0.1) is 6.92 Å².